The highest BCUT2D eigenvalue weighted by Crippen LogP contribution is 2.19. The van der Waals surface area contributed by atoms with Gasteiger partial charge in [-0.1, -0.05) is 24.3 Å². The lowest BCUT2D eigenvalue weighted by Crippen LogP contribution is -2.25. The Balaban J connectivity index is 1.66. The standard InChI is InChI=1S/C20H23N3O2/c1-22(2)17-8-6-16(7-9-17)19-12-13-23(21-19)20(24)14-15-4-10-18(25-3)11-5-15/h4-11H,12-14H2,1-3H3. The fourth-order valence-electron chi connectivity index (χ4n) is 2.80. The average molecular weight is 337 g/mol. The van der Waals surface area contributed by atoms with Crippen molar-refractivity contribution in [1.82, 2.24) is 5.01 Å². The number of anilines is 1. The highest BCUT2D eigenvalue weighted by molar-refractivity contribution is 6.03. The van der Waals surface area contributed by atoms with E-state index < -0.39 is 0 Å². The minimum absolute atomic E-state index is 0.0186. The van der Waals surface area contributed by atoms with Crippen molar-refractivity contribution in [3.05, 3.63) is 59.7 Å². The maximum absolute atomic E-state index is 12.5. The van der Waals surface area contributed by atoms with Crippen molar-refractivity contribution >= 4 is 17.3 Å². The predicted octanol–water partition coefficient (Wildman–Crippen LogP) is 2.94. The summed E-state index contributed by atoms with van der Waals surface area (Å²) in [6.45, 7) is 0.639. The first-order chi connectivity index (χ1) is 12.1. The summed E-state index contributed by atoms with van der Waals surface area (Å²) < 4.78 is 5.14. The molecular formula is C20H23N3O2. The molecule has 0 unspecified atom stereocenters. The summed E-state index contributed by atoms with van der Waals surface area (Å²) in [4.78, 5) is 14.5. The summed E-state index contributed by atoms with van der Waals surface area (Å²) in [6.07, 6.45) is 1.13. The average Bonchev–Trinajstić information content (AvgIpc) is 3.13. The lowest BCUT2D eigenvalue weighted by atomic mass is 10.1. The molecule has 0 saturated carbocycles. The number of ether oxygens (including phenoxy) is 1. The number of benzene rings is 2. The van der Waals surface area contributed by atoms with Crippen LogP contribution in [0.25, 0.3) is 0 Å². The van der Waals surface area contributed by atoms with Crippen LogP contribution in [0.4, 0.5) is 5.69 Å². The van der Waals surface area contributed by atoms with Crippen LogP contribution in [0.2, 0.25) is 0 Å². The van der Waals surface area contributed by atoms with E-state index in [-0.39, 0.29) is 5.91 Å². The molecule has 2 aromatic carbocycles. The summed E-state index contributed by atoms with van der Waals surface area (Å²) in [5, 5.41) is 6.11. The van der Waals surface area contributed by atoms with E-state index in [1.54, 1.807) is 12.1 Å². The summed E-state index contributed by atoms with van der Waals surface area (Å²) >= 11 is 0. The molecule has 0 saturated heterocycles. The van der Waals surface area contributed by atoms with E-state index in [0.29, 0.717) is 13.0 Å². The molecule has 130 valence electrons. The van der Waals surface area contributed by atoms with Gasteiger partial charge >= 0.3 is 0 Å². The van der Waals surface area contributed by atoms with Crippen LogP contribution in [-0.4, -0.2) is 44.4 Å². The van der Waals surface area contributed by atoms with Gasteiger partial charge in [-0.15, -0.1) is 0 Å². The first kappa shape index (κ1) is 17.0. The number of hydrogen-bond acceptors (Lipinski definition) is 4. The highest BCUT2D eigenvalue weighted by Gasteiger charge is 2.21. The Kier molecular flexibility index (Phi) is 5.03. The van der Waals surface area contributed by atoms with Crippen LogP contribution in [0.1, 0.15) is 17.5 Å². The third-order valence-corrected chi connectivity index (χ3v) is 4.32. The minimum Gasteiger partial charge on any atom is -0.497 e. The van der Waals surface area contributed by atoms with Gasteiger partial charge in [0.25, 0.3) is 0 Å². The Morgan fingerprint density at radius 1 is 1.12 bits per heavy atom. The van der Waals surface area contributed by atoms with Crippen molar-refractivity contribution in [3.8, 4) is 5.75 Å². The molecule has 2 aromatic rings. The predicted molar refractivity (Wildman–Crippen MR) is 100 cm³/mol. The molecule has 1 amide bonds. The summed E-state index contributed by atoms with van der Waals surface area (Å²) in [7, 11) is 5.66. The van der Waals surface area contributed by atoms with E-state index in [1.807, 2.05) is 38.4 Å². The Labute approximate surface area is 148 Å². The number of hydrazone groups is 1. The summed E-state index contributed by atoms with van der Waals surface area (Å²) in [6, 6.07) is 15.8. The van der Waals surface area contributed by atoms with Gasteiger partial charge in [-0.2, -0.15) is 5.10 Å². The molecule has 1 aliphatic heterocycles. The molecule has 0 aliphatic carbocycles. The fourth-order valence-corrected chi connectivity index (χ4v) is 2.80. The van der Waals surface area contributed by atoms with Crippen LogP contribution in [0, 0.1) is 0 Å². The van der Waals surface area contributed by atoms with E-state index in [9.17, 15) is 4.79 Å². The zero-order chi connectivity index (χ0) is 17.8. The first-order valence-electron chi connectivity index (χ1n) is 8.35. The number of carbonyl (C=O) groups is 1. The number of methoxy groups -OCH3 is 1. The molecule has 1 aliphatic rings. The molecule has 1 heterocycles. The maximum Gasteiger partial charge on any atom is 0.247 e. The van der Waals surface area contributed by atoms with Gasteiger partial charge in [-0.3, -0.25) is 4.79 Å². The van der Waals surface area contributed by atoms with Crippen LogP contribution in [0.5, 0.6) is 5.75 Å². The van der Waals surface area contributed by atoms with Crippen LogP contribution in [0.3, 0.4) is 0 Å². The monoisotopic (exact) mass is 337 g/mol. The fraction of sp³-hybridized carbons (Fsp3) is 0.300. The van der Waals surface area contributed by atoms with Crippen molar-refractivity contribution in [2.45, 2.75) is 12.8 Å². The summed E-state index contributed by atoms with van der Waals surface area (Å²) in [5.41, 5.74) is 4.15. The van der Waals surface area contributed by atoms with Gasteiger partial charge < -0.3 is 9.64 Å². The number of hydrogen-bond donors (Lipinski definition) is 0. The van der Waals surface area contributed by atoms with Crippen molar-refractivity contribution in [2.75, 3.05) is 32.6 Å². The molecule has 3 rings (SSSR count). The van der Waals surface area contributed by atoms with Gasteiger partial charge in [0.05, 0.1) is 25.8 Å². The second-order valence-corrected chi connectivity index (χ2v) is 6.28. The number of carbonyl (C=O) groups excluding carboxylic acids is 1. The molecule has 5 heteroatoms. The van der Waals surface area contributed by atoms with Crippen LogP contribution in [0.15, 0.2) is 53.6 Å². The van der Waals surface area contributed by atoms with Crippen molar-refractivity contribution in [2.24, 2.45) is 5.10 Å². The Morgan fingerprint density at radius 2 is 1.80 bits per heavy atom. The molecule has 25 heavy (non-hydrogen) atoms. The van der Waals surface area contributed by atoms with Gasteiger partial charge in [0, 0.05) is 26.2 Å². The molecular weight excluding hydrogens is 314 g/mol. The Bertz CT molecular complexity index is 765. The van der Waals surface area contributed by atoms with E-state index in [4.69, 9.17) is 4.74 Å². The second kappa shape index (κ2) is 7.38. The first-order valence-corrected chi connectivity index (χ1v) is 8.35. The highest BCUT2D eigenvalue weighted by atomic mass is 16.5. The van der Waals surface area contributed by atoms with Gasteiger partial charge in [-0.05, 0) is 35.4 Å². The van der Waals surface area contributed by atoms with Crippen molar-refractivity contribution in [3.63, 3.8) is 0 Å². The van der Waals surface area contributed by atoms with Crippen LogP contribution in [-0.2, 0) is 11.2 Å². The normalized spacial score (nSPS) is 13.6. The molecule has 0 bridgehead atoms. The molecule has 0 radical (unpaired) electrons. The molecule has 0 spiro atoms. The van der Waals surface area contributed by atoms with Crippen molar-refractivity contribution < 1.29 is 9.53 Å². The quantitative estimate of drug-likeness (QED) is 0.843. The molecule has 0 atom stereocenters. The second-order valence-electron chi connectivity index (χ2n) is 6.28. The molecule has 0 fully saturated rings. The summed E-state index contributed by atoms with van der Waals surface area (Å²) in [5.74, 6) is 0.809. The third kappa shape index (κ3) is 3.99. The Morgan fingerprint density at radius 3 is 2.40 bits per heavy atom. The Hall–Kier alpha value is -2.82. The lowest BCUT2D eigenvalue weighted by molar-refractivity contribution is -0.130. The number of rotatable bonds is 5. The smallest absolute Gasteiger partial charge is 0.247 e. The van der Waals surface area contributed by atoms with Gasteiger partial charge in [0.1, 0.15) is 5.75 Å². The molecule has 0 N–H and O–H groups in total. The third-order valence-electron chi connectivity index (χ3n) is 4.32. The number of nitrogens with zero attached hydrogens (tertiary/aromatic N) is 3. The van der Waals surface area contributed by atoms with E-state index in [2.05, 4.69) is 34.3 Å². The van der Waals surface area contributed by atoms with Gasteiger partial charge in [0.15, 0.2) is 0 Å². The topological polar surface area (TPSA) is 45.1 Å². The number of amides is 1. The van der Waals surface area contributed by atoms with E-state index in [1.165, 1.54) is 0 Å². The zero-order valence-electron chi connectivity index (χ0n) is 14.9. The van der Waals surface area contributed by atoms with Crippen molar-refractivity contribution in [1.29, 1.82) is 0 Å². The van der Waals surface area contributed by atoms with Crippen LogP contribution < -0.4 is 9.64 Å². The zero-order valence-corrected chi connectivity index (χ0v) is 14.9. The van der Waals surface area contributed by atoms with Gasteiger partial charge in [0.2, 0.25) is 5.91 Å². The largest absolute Gasteiger partial charge is 0.497 e. The van der Waals surface area contributed by atoms with Gasteiger partial charge in [-0.25, -0.2) is 5.01 Å². The maximum atomic E-state index is 12.5. The molecule has 5 nitrogen and oxygen atoms in total. The molecule has 0 aromatic heterocycles. The SMILES string of the molecule is COc1ccc(CC(=O)N2CCC(c3ccc(N(C)C)cc3)=N2)cc1. The van der Waals surface area contributed by atoms with E-state index >= 15 is 0 Å². The minimum atomic E-state index is 0.0186. The van der Waals surface area contributed by atoms with Crippen LogP contribution >= 0.6 is 0 Å². The van der Waals surface area contributed by atoms with E-state index in [0.717, 1.165) is 34.7 Å². The lowest BCUT2D eigenvalue weighted by Gasteiger charge is -2.12.